The maximum Gasteiger partial charge on any atom is 0.0862 e. The van der Waals surface area contributed by atoms with Crippen LogP contribution in [0.5, 0.6) is 0 Å². The topological polar surface area (TPSA) is 65.1 Å². The molecule has 5 heteroatoms. The molecule has 18 heavy (non-hydrogen) atoms. The summed E-state index contributed by atoms with van der Waals surface area (Å²) in [6.07, 6.45) is 8.40. The van der Waals surface area contributed by atoms with Crippen LogP contribution in [0.4, 0.5) is 0 Å². The fourth-order valence-electron chi connectivity index (χ4n) is 2.69. The van der Waals surface area contributed by atoms with E-state index in [-0.39, 0.29) is 11.6 Å². The highest BCUT2D eigenvalue weighted by Crippen LogP contribution is 2.35. The van der Waals surface area contributed by atoms with Crippen molar-refractivity contribution >= 4 is 0 Å². The zero-order chi connectivity index (χ0) is 13.0. The Morgan fingerprint density at radius 2 is 2.44 bits per heavy atom. The average molecular weight is 252 g/mol. The monoisotopic (exact) mass is 252 g/mol. The maximum absolute atomic E-state index is 5.96. The molecule has 2 atom stereocenters. The summed E-state index contributed by atoms with van der Waals surface area (Å²) in [6, 6.07) is 0.00315. The summed E-state index contributed by atoms with van der Waals surface area (Å²) in [6.45, 7) is 6.03. The molecule has 0 radical (unpaired) electrons. The minimum atomic E-state index is -0.229. The van der Waals surface area contributed by atoms with Gasteiger partial charge in [0.05, 0.1) is 17.8 Å². The van der Waals surface area contributed by atoms with E-state index in [1.807, 2.05) is 10.9 Å². The second-order valence-electron chi connectivity index (χ2n) is 5.25. The minimum Gasteiger partial charge on any atom is -0.373 e. The van der Waals surface area contributed by atoms with Crippen molar-refractivity contribution in [3.05, 3.63) is 18.0 Å². The second kappa shape index (κ2) is 5.82. The molecule has 2 rings (SSSR count). The van der Waals surface area contributed by atoms with Gasteiger partial charge in [-0.25, -0.2) is 5.43 Å². The first-order chi connectivity index (χ1) is 8.69. The Balaban J connectivity index is 2.15. The van der Waals surface area contributed by atoms with Crippen LogP contribution in [0, 0.1) is 0 Å². The van der Waals surface area contributed by atoms with E-state index < -0.39 is 0 Å². The van der Waals surface area contributed by atoms with Gasteiger partial charge in [0.1, 0.15) is 0 Å². The van der Waals surface area contributed by atoms with Gasteiger partial charge in [-0.3, -0.25) is 10.5 Å². The van der Waals surface area contributed by atoms with E-state index in [0.29, 0.717) is 0 Å². The van der Waals surface area contributed by atoms with Crippen molar-refractivity contribution < 1.29 is 4.74 Å². The average Bonchev–Trinajstić information content (AvgIpc) is 2.79. The first-order valence-electron chi connectivity index (χ1n) is 6.82. The number of aryl methyl sites for hydroxylation is 1. The van der Waals surface area contributed by atoms with Crippen LogP contribution >= 0.6 is 0 Å². The SMILES string of the molecule is CCCn1cc(C(NN)C2(C)CCCCO2)cn1. The molecule has 2 heterocycles. The largest absolute Gasteiger partial charge is 0.373 e. The number of nitrogens with zero attached hydrogens (tertiary/aromatic N) is 2. The molecule has 1 aliphatic heterocycles. The van der Waals surface area contributed by atoms with Gasteiger partial charge in [0.25, 0.3) is 0 Å². The maximum atomic E-state index is 5.96. The van der Waals surface area contributed by atoms with Crippen molar-refractivity contribution in [3.63, 3.8) is 0 Å². The third-order valence-electron chi connectivity index (χ3n) is 3.72. The van der Waals surface area contributed by atoms with Crippen molar-refractivity contribution in [1.82, 2.24) is 15.2 Å². The number of hydrogen-bond donors (Lipinski definition) is 2. The summed E-state index contributed by atoms with van der Waals surface area (Å²) in [7, 11) is 0. The lowest BCUT2D eigenvalue weighted by Gasteiger charge is -2.39. The predicted octanol–water partition coefficient (Wildman–Crippen LogP) is 1.76. The van der Waals surface area contributed by atoms with Gasteiger partial charge in [0.2, 0.25) is 0 Å². The molecule has 0 spiro atoms. The molecule has 0 bridgehead atoms. The Bertz CT molecular complexity index is 371. The van der Waals surface area contributed by atoms with Crippen LogP contribution in [0.3, 0.4) is 0 Å². The molecule has 3 N–H and O–H groups in total. The molecule has 1 aliphatic rings. The normalized spacial score (nSPS) is 26.2. The zero-order valence-electron chi connectivity index (χ0n) is 11.4. The van der Waals surface area contributed by atoms with Crippen LogP contribution in [0.1, 0.15) is 51.1 Å². The van der Waals surface area contributed by atoms with E-state index in [9.17, 15) is 0 Å². The van der Waals surface area contributed by atoms with E-state index in [0.717, 1.165) is 38.0 Å². The van der Waals surface area contributed by atoms with Crippen LogP contribution in [-0.2, 0) is 11.3 Å². The first-order valence-corrected chi connectivity index (χ1v) is 6.82. The lowest BCUT2D eigenvalue weighted by atomic mass is 9.85. The fraction of sp³-hybridized carbons (Fsp3) is 0.769. The van der Waals surface area contributed by atoms with Gasteiger partial charge in [-0.15, -0.1) is 0 Å². The zero-order valence-corrected chi connectivity index (χ0v) is 11.4. The molecule has 1 aromatic rings. The van der Waals surface area contributed by atoms with Crippen molar-refractivity contribution in [2.24, 2.45) is 5.84 Å². The molecule has 1 aromatic heterocycles. The molecule has 0 amide bonds. The number of ether oxygens (including phenoxy) is 1. The molecular formula is C13H24N4O. The Kier molecular flexibility index (Phi) is 4.37. The van der Waals surface area contributed by atoms with Crippen LogP contribution in [-0.4, -0.2) is 22.0 Å². The van der Waals surface area contributed by atoms with Crippen LogP contribution in [0.2, 0.25) is 0 Å². The highest BCUT2D eigenvalue weighted by atomic mass is 16.5. The minimum absolute atomic E-state index is 0.00315. The summed E-state index contributed by atoms with van der Waals surface area (Å²) >= 11 is 0. The molecule has 0 aromatic carbocycles. The Morgan fingerprint density at radius 1 is 1.61 bits per heavy atom. The number of nitrogens with one attached hydrogen (secondary N) is 1. The number of nitrogens with two attached hydrogens (primary N) is 1. The van der Waals surface area contributed by atoms with E-state index in [1.54, 1.807) is 0 Å². The summed E-state index contributed by atoms with van der Waals surface area (Å²) in [5.74, 6) is 5.74. The smallest absolute Gasteiger partial charge is 0.0862 e. The number of aromatic nitrogens is 2. The van der Waals surface area contributed by atoms with Crippen LogP contribution in [0.15, 0.2) is 12.4 Å². The van der Waals surface area contributed by atoms with Gasteiger partial charge in [0, 0.05) is 24.9 Å². The lowest BCUT2D eigenvalue weighted by molar-refractivity contribution is -0.0899. The van der Waals surface area contributed by atoms with Gasteiger partial charge >= 0.3 is 0 Å². The quantitative estimate of drug-likeness (QED) is 0.619. The van der Waals surface area contributed by atoms with E-state index in [2.05, 4.69) is 30.6 Å². The van der Waals surface area contributed by atoms with Crippen LogP contribution in [0.25, 0.3) is 0 Å². The van der Waals surface area contributed by atoms with Gasteiger partial charge in [-0.05, 0) is 32.6 Å². The number of rotatable bonds is 5. The molecule has 5 nitrogen and oxygen atoms in total. The predicted molar refractivity (Wildman–Crippen MR) is 70.8 cm³/mol. The standard InChI is InChI=1S/C13H24N4O/c1-3-7-17-10-11(9-15-17)12(16-14)13(2)6-4-5-8-18-13/h9-10,12,16H,3-8,14H2,1-2H3. The van der Waals surface area contributed by atoms with Gasteiger partial charge < -0.3 is 4.74 Å². The van der Waals surface area contributed by atoms with Crippen LogP contribution < -0.4 is 11.3 Å². The molecule has 0 aliphatic carbocycles. The summed E-state index contributed by atoms with van der Waals surface area (Å²) in [5, 5.41) is 4.37. The molecule has 1 saturated heterocycles. The lowest BCUT2D eigenvalue weighted by Crippen LogP contribution is -2.48. The van der Waals surface area contributed by atoms with E-state index >= 15 is 0 Å². The van der Waals surface area contributed by atoms with E-state index in [4.69, 9.17) is 10.6 Å². The molecule has 0 saturated carbocycles. The number of hydrogen-bond acceptors (Lipinski definition) is 4. The van der Waals surface area contributed by atoms with Crippen molar-refractivity contribution in [2.75, 3.05) is 6.61 Å². The molecular weight excluding hydrogens is 228 g/mol. The van der Waals surface area contributed by atoms with E-state index in [1.165, 1.54) is 6.42 Å². The first kappa shape index (κ1) is 13.5. The third-order valence-corrected chi connectivity index (χ3v) is 3.72. The Hall–Kier alpha value is -0.910. The summed E-state index contributed by atoms with van der Waals surface area (Å²) in [4.78, 5) is 0. The summed E-state index contributed by atoms with van der Waals surface area (Å²) < 4.78 is 7.93. The van der Waals surface area contributed by atoms with Gasteiger partial charge in [-0.1, -0.05) is 6.92 Å². The van der Waals surface area contributed by atoms with Gasteiger partial charge in [-0.2, -0.15) is 5.10 Å². The summed E-state index contributed by atoms with van der Waals surface area (Å²) in [5.41, 5.74) is 3.78. The third kappa shape index (κ3) is 2.74. The van der Waals surface area contributed by atoms with Crippen molar-refractivity contribution in [2.45, 2.75) is 57.7 Å². The molecule has 2 unspecified atom stereocenters. The highest BCUT2D eigenvalue weighted by Gasteiger charge is 2.37. The number of hydrazine groups is 1. The Labute approximate surface area is 109 Å². The van der Waals surface area contributed by atoms with Crippen molar-refractivity contribution in [1.29, 1.82) is 0 Å². The Morgan fingerprint density at radius 3 is 3.06 bits per heavy atom. The molecule has 102 valence electrons. The van der Waals surface area contributed by atoms with Crippen molar-refractivity contribution in [3.8, 4) is 0 Å². The second-order valence-corrected chi connectivity index (χ2v) is 5.25. The van der Waals surface area contributed by atoms with Gasteiger partial charge in [0.15, 0.2) is 0 Å². The fourth-order valence-corrected chi connectivity index (χ4v) is 2.69. The molecule has 1 fully saturated rings. The highest BCUT2D eigenvalue weighted by molar-refractivity contribution is 5.15.